The molecule has 1 aliphatic rings. The molecule has 2 rings (SSSR count). The van der Waals surface area contributed by atoms with Crippen molar-refractivity contribution in [1.29, 1.82) is 0 Å². The summed E-state index contributed by atoms with van der Waals surface area (Å²) in [7, 11) is 0. The van der Waals surface area contributed by atoms with Crippen molar-refractivity contribution in [2.75, 3.05) is 18.0 Å². The van der Waals surface area contributed by atoms with Crippen LogP contribution in [-0.4, -0.2) is 19.7 Å². The highest BCUT2D eigenvalue weighted by Gasteiger charge is 2.12. The Kier molecular flexibility index (Phi) is 3.59. The van der Waals surface area contributed by atoms with Crippen LogP contribution in [0.15, 0.2) is 24.3 Å². The molecule has 1 heterocycles. The van der Waals surface area contributed by atoms with Gasteiger partial charge in [0.2, 0.25) is 0 Å². The predicted octanol–water partition coefficient (Wildman–Crippen LogP) is 3.28. The van der Waals surface area contributed by atoms with E-state index >= 15 is 0 Å². The second-order valence-electron chi connectivity index (χ2n) is 3.92. The van der Waals surface area contributed by atoms with E-state index in [4.69, 9.17) is 0 Å². The summed E-state index contributed by atoms with van der Waals surface area (Å²) in [4.78, 5) is 2.21. The first kappa shape index (κ1) is 11.2. The van der Waals surface area contributed by atoms with Crippen LogP contribution in [0.2, 0.25) is 0 Å². The number of rotatable bonds is 3. The number of hydrogen-bond acceptors (Lipinski definition) is 2. The average Bonchev–Trinajstić information content (AvgIpc) is 2.30. The van der Waals surface area contributed by atoms with Gasteiger partial charge in [-0.25, -0.2) is 0 Å². The van der Waals surface area contributed by atoms with Gasteiger partial charge in [-0.05, 0) is 31.4 Å². The Morgan fingerprint density at radius 2 is 1.88 bits per heavy atom. The normalized spacial score (nSPS) is 16.6. The molecule has 0 amide bonds. The number of nitrogens with zero attached hydrogens (tertiary/aromatic N) is 1. The Bertz CT molecular complexity index is 338. The summed E-state index contributed by atoms with van der Waals surface area (Å²) in [5, 5.41) is 0. The molecular formula is C12H15F2NO. The fourth-order valence-electron chi connectivity index (χ4n) is 2.01. The fourth-order valence-corrected chi connectivity index (χ4v) is 2.01. The summed E-state index contributed by atoms with van der Waals surface area (Å²) in [6, 6.07) is 6.92. The van der Waals surface area contributed by atoms with Crippen molar-refractivity contribution in [3.63, 3.8) is 0 Å². The van der Waals surface area contributed by atoms with Crippen LogP contribution in [0.1, 0.15) is 19.3 Å². The number of benzene rings is 1. The van der Waals surface area contributed by atoms with E-state index in [1.54, 1.807) is 18.2 Å². The molecule has 1 fully saturated rings. The second-order valence-corrected chi connectivity index (χ2v) is 3.92. The van der Waals surface area contributed by atoms with Gasteiger partial charge in [0, 0.05) is 24.8 Å². The monoisotopic (exact) mass is 227 g/mol. The summed E-state index contributed by atoms with van der Waals surface area (Å²) < 4.78 is 28.5. The molecule has 0 aromatic heterocycles. The number of halogens is 2. The minimum absolute atomic E-state index is 0.234. The summed E-state index contributed by atoms with van der Waals surface area (Å²) in [5.41, 5.74) is 0.970. The van der Waals surface area contributed by atoms with Gasteiger partial charge < -0.3 is 9.64 Å². The van der Waals surface area contributed by atoms with Crippen LogP contribution in [0.4, 0.5) is 14.5 Å². The predicted molar refractivity (Wildman–Crippen MR) is 59.1 cm³/mol. The van der Waals surface area contributed by atoms with Crippen molar-refractivity contribution >= 4 is 5.69 Å². The molecule has 4 heteroatoms. The second kappa shape index (κ2) is 5.14. The Labute approximate surface area is 93.8 Å². The van der Waals surface area contributed by atoms with E-state index in [9.17, 15) is 8.78 Å². The Morgan fingerprint density at radius 3 is 2.56 bits per heavy atom. The van der Waals surface area contributed by atoms with Crippen LogP contribution in [0.5, 0.6) is 5.75 Å². The first-order valence-electron chi connectivity index (χ1n) is 5.55. The van der Waals surface area contributed by atoms with E-state index in [0.29, 0.717) is 0 Å². The van der Waals surface area contributed by atoms with Gasteiger partial charge in [-0.3, -0.25) is 0 Å². The minimum atomic E-state index is -2.75. The van der Waals surface area contributed by atoms with Gasteiger partial charge in [-0.1, -0.05) is 6.07 Å². The molecule has 2 nitrogen and oxygen atoms in total. The third-order valence-electron chi connectivity index (χ3n) is 2.76. The molecule has 16 heavy (non-hydrogen) atoms. The molecule has 88 valence electrons. The lowest BCUT2D eigenvalue weighted by molar-refractivity contribution is -0.0498. The minimum Gasteiger partial charge on any atom is -0.435 e. The highest BCUT2D eigenvalue weighted by atomic mass is 19.3. The number of hydrogen-bond donors (Lipinski definition) is 0. The van der Waals surface area contributed by atoms with E-state index in [0.717, 1.165) is 18.8 Å². The molecule has 1 aliphatic heterocycles. The molecule has 0 radical (unpaired) electrons. The van der Waals surface area contributed by atoms with E-state index in [1.165, 1.54) is 19.3 Å². The van der Waals surface area contributed by atoms with Gasteiger partial charge in [0.05, 0.1) is 0 Å². The van der Waals surface area contributed by atoms with Crippen molar-refractivity contribution in [3.05, 3.63) is 24.3 Å². The standard InChI is InChI=1S/C12H15F2NO/c13-12(14)16-11-6-4-5-10(9-11)15-7-2-1-3-8-15/h4-6,9,12H,1-3,7-8H2. The van der Waals surface area contributed by atoms with Crippen molar-refractivity contribution < 1.29 is 13.5 Å². The molecule has 0 spiro atoms. The topological polar surface area (TPSA) is 12.5 Å². The highest BCUT2D eigenvalue weighted by molar-refractivity contribution is 5.50. The van der Waals surface area contributed by atoms with Crippen molar-refractivity contribution in [1.82, 2.24) is 0 Å². The van der Waals surface area contributed by atoms with Crippen LogP contribution < -0.4 is 9.64 Å². The zero-order chi connectivity index (χ0) is 11.4. The van der Waals surface area contributed by atoms with Gasteiger partial charge in [0.25, 0.3) is 0 Å². The van der Waals surface area contributed by atoms with Gasteiger partial charge in [-0.15, -0.1) is 0 Å². The number of ether oxygens (including phenoxy) is 1. The van der Waals surface area contributed by atoms with Gasteiger partial charge in [0.15, 0.2) is 0 Å². The number of piperidine rings is 1. The lowest BCUT2D eigenvalue weighted by atomic mass is 10.1. The number of alkyl halides is 2. The lowest BCUT2D eigenvalue weighted by Gasteiger charge is -2.29. The van der Waals surface area contributed by atoms with Crippen LogP contribution in [-0.2, 0) is 0 Å². The molecule has 0 bridgehead atoms. The maximum atomic E-state index is 12.1. The fraction of sp³-hybridized carbons (Fsp3) is 0.500. The molecule has 0 unspecified atom stereocenters. The SMILES string of the molecule is FC(F)Oc1cccc(N2CCCCC2)c1. The summed E-state index contributed by atoms with van der Waals surface area (Å²) in [6.07, 6.45) is 3.59. The summed E-state index contributed by atoms with van der Waals surface area (Å²) >= 11 is 0. The molecule has 0 aliphatic carbocycles. The van der Waals surface area contributed by atoms with E-state index < -0.39 is 6.61 Å². The maximum Gasteiger partial charge on any atom is 0.387 e. The molecule has 1 aromatic carbocycles. The Morgan fingerprint density at radius 1 is 1.12 bits per heavy atom. The Balaban J connectivity index is 2.08. The smallest absolute Gasteiger partial charge is 0.387 e. The quantitative estimate of drug-likeness (QED) is 0.785. The van der Waals surface area contributed by atoms with E-state index in [1.807, 2.05) is 6.07 Å². The molecule has 1 saturated heterocycles. The highest BCUT2D eigenvalue weighted by Crippen LogP contribution is 2.24. The molecular weight excluding hydrogens is 212 g/mol. The largest absolute Gasteiger partial charge is 0.435 e. The number of anilines is 1. The lowest BCUT2D eigenvalue weighted by Crippen LogP contribution is -2.29. The van der Waals surface area contributed by atoms with Crippen LogP contribution >= 0.6 is 0 Å². The van der Waals surface area contributed by atoms with Crippen LogP contribution in [0, 0.1) is 0 Å². The third-order valence-corrected chi connectivity index (χ3v) is 2.76. The van der Waals surface area contributed by atoms with Crippen molar-refractivity contribution in [2.45, 2.75) is 25.9 Å². The van der Waals surface area contributed by atoms with Crippen molar-refractivity contribution in [3.8, 4) is 5.75 Å². The summed E-state index contributed by atoms with van der Waals surface area (Å²) in [6.45, 7) is -0.757. The molecule has 0 atom stereocenters. The summed E-state index contributed by atoms with van der Waals surface area (Å²) in [5.74, 6) is 0.234. The molecule has 0 N–H and O–H groups in total. The average molecular weight is 227 g/mol. The van der Waals surface area contributed by atoms with E-state index in [2.05, 4.69) is 9.64 Å². The van der Waals surface area contributed by atoms with Gasteiger partial charge in [0.1, 0.15) is 5.75 Å². The molecule has 0 saturated carbocycles. The maximum absolute atomic E-state index is 12.1. The zero-order valence-corrected chi connectivity index (χ0v) is 9.03. The third kappa shape index (κ3) is 2.84. The van der Waals surface area contributed by atoms with Crippen LogP contribution in [0.3, 0.4) is 0 Å². The van der Waals surface area contributed by atoms with Crippen molar-refractivity contribution in [2.24, 2.45) is 0 Å². The Hall–Kier alpha value is -1.32. The van der Waals surface area contributed by atoms with Gasteiger partial charge in [-0.2, -0.15) is 8.78 Å². The first-order valence-corrected chi connectivity index (χ1v) is 5.55. The van der Waals surface area contributed by atoms with E-state index in [-0.39, 0.29) is 5.75 Å². The van der Waals surface area contributed by atoms with Gasteiger partial charge >= 0.3 is 6.61 Å². The zero-order valence-electron chi connectivity index (χ0n) is 9.03. The van der Waals surface area contributed by atoms with Crippen LogP contribution in [0.25, 0.3) is 0 Å². The first-order chi connectivity index (χ1) is 7.75. The molecule has 1 aromatic rings.